The van der Waals surface area contributed by atoms with Crippen molar-refractivity contribution in [2.45, 2.75) is 11.6 Å². The van der Waals surface area contributed by atoms with Gasteiger partial charge in [0, 0.05) is 12.5 Å². The smallest absolute Gasteiger partial charge is 0.339 e. The number of methoxy groups -OCH3 is 1. The molecule has 32 heavy (non-hydrogen) atoms. The van der Waals surface area contributed by atoms with Gasteiger partial charge in [-0.25, -0.2) is 9.79 Å². The minimum Gasteiger partial charge on any atom is -0.479 e. The van der Waals surface area contributed by atoms with Gasteiger partial charge in [-0.15, -0.1) is 0 Å². The first kappa shape index (κ1) is 21.7. The third-order valence-corrected chi connectivity index (χ3v) is 6.39. The van der Waals surface area contributed by atoms with Crippen molar-refractivity contribution in [3.8, 4) is 0 Å². The van der Waals surface area contributed by atoms with Gasteiger partial charge >= 0.3 is 5.97 Å². The summed E-state index contributed by atoms with van der Waals surface area (Å²) < 4.78 is 13.7. The van der Waals surface area contributed by atoms with Gasteiger partial charge in [0.05, 0.1) is 5.70 Å². The molecule has 7 heteroatoms. The number of ether oxygens (including phenoxy) is 1. The highest BCUT2D eigenvalue weighted by Crippen LogP contribution is 2.41. The van der Waals surface area contributed by atoms with Crippen molar-refractivity contribution in [3.05, 3.63) is 119 Å². The number of benzene rings is 3. The largest absolute Gasteiger partial charge is 0.479 e. The van der Waals surface area contributed by atoms with E-state index >= 15 is 0 Å². The molecule has 1 aliphatic heterocycles. The Balaban J connectivity index is 1.94. The van der Waals surface area contributed by atoms with Crippen molar-refractivity contribution in [3.63, 3.8) is 0 Å². The molecular weight excluding hydrogens is 422 g/mol. The molecule has 3 N–H and O–H groups in total. The Labute approximate surface area is 189 Å². The van der Waals surface area contributed by atoms with Crippen LogP contribution in [0.3, 0.4) is 0 Å². The zero-order valence-corrected chi connectivity index (χ0v) is 18.3. The number of amidine groups is 1. The fourth-order valence-corrected chi connectivity index (χ4v) is 4.85. The maximum Gasteiger partial charge on any atom is 0.339 e. The van der Waals surface area contributed by atoms with Crippen molar-refractivity contribution >= 4 is 21.8 Å². The van der Waals surface area contributed by atoms with Gasteiger partial charge in [-0.1, -0.05) is 91.0 Å². The van der Waals surface area contributed by atoms with Crippen LogP contribution < -0.4 is 5.32 Å². The summed E-state index contributed by atoms with van der Waals surface area (Å²) in [6, 6.07) is 29.8. The number of aliphatic carboxylic acids is 1. The Morgan fingerprint density at radius 3 is 1.75 bits per heavy atom. The minimum absolute atomic E-state index is 0.320. The standard InChI is InChI=1S/C25H23N3O3S/c1-31-22(23(29)30)21-17-32(26)24(27-21)28-25(18-11-5-2-6-12-18,19-13-7-3-8-14-19)20-15-9-4-10-16-20/h2-17,22,26H,1H3,(H,27,28)(H,29,30). The molecule has 0 amide bonds. The number of carboxylic acid groups (broad SMARTS) is 1. The second-order valence-electron chi connectivity index (χ2n) is 7.22. The molecule has 1 aliphatic rings. The lowest BCUT2D eigenvalue weighted by Gasteiger charge is -2.32. The van der Waals surface area contributed by atoms with Crippen molar-refractivity contribution < 1.29 is 14.6 Å². The molecule has 0 fully saturated rings. The van der Waals surface area contributed by atoms with Crippen molar-refractivity contribution in [2.24, 2.45) is 4.99 Å². The molecule has 2 atom stereocenters. The first-order valence-corrected chi connectivity index (χ1v) is 11.3. The van der Waals surface area contributed by atoms with Gasteiger partial charge in [0.15, 0.2) is 11.3 Å². The number of hydrogen-bond donors (Lipinski definition) is 3. The van der Waals surface area contributed by atoms with E-state index in [9.17, 15) is 9.90 Å². The lowest BCUT2D eigenvalue weighted by Crippen LogP contribution is -2.35. The summed E-state index contributed by atoms with van der Waals surface area (Å²) in [5.41, 5.74) is 2.23. The van der Waals surface area contributed by atoms with Crippen LogP contribution in [0.15, 0.2) is 107 Å². The summed E-state index contributed by atoms with van der Waals surface area (Å²) in [7, 11) is 0.170. The molecule has 3 aromatic carbocycles. The van der Waals surface area contributed by atoms with Gasteiger partial charge < -0.3 is 15.2 Å². The van der Waals surface area contributed by atoms with Crippen LogP contribution in [0.25, 0.3) is 0 Å². The van der Waals surface area contributed by atoms with Crippen LogP contribution >= 0.6 is 0 Å². The molecule has 0 spiro atoms. The van der Waals surface area contributed by atoms with Gasteiger partial charge in [-0.3, -0.25) is 4.78 Å². The van der Waals surface area contributed by atoms with Crippen LogP contribution in [0.5, 0.6) is 0 Å². The molecule has 4 rings (SSSR count). The van der Waals surface area contributed by atoms with Gasteiger partial charge in [0.2, 0.25) is 0 Å². The summed E-state index contributed by atoms with van der Waals surface area (Å²) >= 11 is 0. The lowest BCUT2D eigenvalue weighted by atomic mass is 9.77. The summed E-state index contributed by atoms with van der Waals surface area (Å²) in [4.78, 5) is 16.7. The highest BCUT2D eigenvalue weighted by atomic mass is 32.2. The molecule has 6 nitrogen and oxygen atoms in total. The van der Waals surface area contributed by atoms with Gasteiger partial charge in [0.25, 0.3) is 0 Å². The molecule has 0 bridgehead atoms. The predicted octanol–water partition coefficient (Wildman–Crippen LogP) is 4.26. The molecule has 162 valence electrons. The number of aliphatic imine (C=N–C) groups is 1. The van der Waals surface area contributed by atoms with Crippen LogP contribution in [0.1, 0.15) is 16.7 Å². The monoisotopic (exact) mass is 445 g/mol. The number of carboxylic acids is 1. The maximum atomic E-state index is 11.6. The van der Waals surface area contributed by atoms with Crippen LogP contribution in [0.4, 0.5) is 0 Å². The SMILES string of the molecule is COC(C(=O)O)C1=CS(=N)C(=NC(c2ccccc2)(c2ccccc2)c2ccccc2)N1. The van der Waals surface area contributed by atoms with E-state index in [4.69, 9.17) is 14.5 Å². The van der Waals surface area contributed by atoms with E-state index in [2.05, 4.69) is 5.32 Å². The molecule has 0 saturated carbocycles. The first-order valence-electron chi connectivity index (χ1n) is 10.0. The van der Waals surface area contributed by atoms with E-state index in [1.807, 2.05) is 91.0 Å². The van der Waals surface area contributed by atoms with Crippen LogP contribution in [-0.2, 0) is 25.8 Å². The van der Waals surface area contributed by atoms with Crippen molar-refractivity contribution in [2.75, 3.05) is 7.11 Å². The third-order valence-electron chi connectivity index (χ3n) is 5.29. The van der Waals surface area contributed by atoms with E-state index in [0.29, 0.717) is 10.9 Å². The minimum atomic E-state index is -1.18. The summed E-state index contributed by atoms with van der Waals surface area (Å²) in [6.45, 7) is 0. The van der Waals surface area contributed by atoms with E-state index < -0.39 is 28.3 Å². The van der Waals surface area contributed by atoms with E-state index in [-0.39, 0.29) is 0 Å². The Kier molecular flexibility index (Phi) is 6.30. The highest BCUT2D eigenvalue weighted by Gasteiger charge is 2.38. The summed E-state index contributed by atoms with van der Waals surface area (Å²) in [5.74, 6) is -1.12. The third kappa shape index (κ3) is 4.00. The van der Waals surface area contributed by atoms with E-state index in [0.717, 1.165) is 16.7 Å². The topological polar surface area (TPSA) is 94.8 Å². The van der Waals surface area contributed by atoms with E-state index in [1.165, 1.54) is 7.11 Å². The van der Waals surface area contributed by atoms with Crippen molar-refractivity contribution in [1.82, 2.24) is 5.32 Å². The number of hydrogen-bond acceptors (Lipinski definition) is 4. The number of rotatable bonds is 7. The number of nitrogens with zero attached hydrogens (tertiary/aromatic N) is 1. The van der Waals surface area contributed by atoms with Crippen LogP contribution in [0.2, 0.25) is 0 Å². The van der Waals surface area contributed by atoms with Crippen LogP contribution in [-0.4, -0.2) is 29.5 Å². The van der Waals surface area contributed by atoms with Gasteiger partial charge in [-0.2, -0.15) is 0 Å². The molecule has 0 radical (unpaired) electrons. The first-order chi connectivity index (χ1) is 15.6. The Bertz CT molecular complexity index is 1080. The normalized spacial score (nSPS) is 18.1. The molecule has 3 aromatic rings. The molecule has 0 aromatic heterocycles. The number of carbonyl (C=O) groups is 1. The quantitative estimate of drug-likeness (QED) is 0.474. The maximum absolute atomic E-state index is 11.6. The van der Waals surface area contributed by atoms with Crippen LogP contribution in [0, 0.1) is 4.78 Å². The second-order valence-corrected chi connectivity index (χ2v) is 8.51. The van der Waals surface area contributed by atoms with Gasteiger partial charge in [-0.05, 0) is 27.4 Å². The van der Waals surface area contributed by atoms with E-state index in [1.54, 1.807) is 5.41 Å². The molecule has 0 aliphatic carbocycles. The second kappa shape index (κ2) is 9.30. The average Bonchev–Trinajstić information content (AvgIpc) is 3.18. The molecule has 0 saturated heterocycles. The molecule has 1 heterocycles. The Morgan fingerprint density at radius 2 is 1.38 bits per heavy atom. The summed E-state index contributed by atoms with van der Waals surface area (Å²) in [6.07, 6.45) is -1.18. The Morgan fingerprint density at radius 1 is 0.938 bits per heavy atom. The zero-order valence-electron chi connectivity index (χ0n) is 17.4. The average molecular weight is 446 g/mol. The Hall–Kier alpha value is -3.55. The number of nitrogens with one attached hydrogen (secondary N) is 2. The van der Waals surface area contributed by atoms with Crippen molar-refractivity contribution in [1.29, 1.82) is 4.78 Å². The fourth-order valence-electron chi connectivity index (χ4n) is 3.84. The summed E-state index contributed by atoms with van der Waals surface area (Å²) in [5, 5.41) is 14.5. The lowest BCUT2D eigenvalue weighted by molar-refractivity contribution is -0.146. The fraction of sp³-hybridized carbons (Fsp3) is 0.120. The molecule has 2 unspecified atom stereocenters. The zero-order chi connectivity index (χ0) is 22.6. The highest BCUT2D eigenvalue weighted by molar-refractivity contribution is 8.04. The molecular formula is C25H23N3O3S. The van der Waals surface area contributed by atoms with Gasteiger partial charge in [0.1, 0.15) is 5.54 Å². The predicted molar refractivity (Wildman–Crippen MR) is 126 cm³/mol.